The van der Waals surface area contributed by atoms with Gasteiger partial charge in [-0.3, -0.25) is 9.59 Å². The summed E-state index contributed by atoms with van der Waals surface area (Å²) in [5.41, 5.74) is 0.604. The Morgan fingerprint density at radius 1 is 1.12 bits per heavy atom. The zero-order chi connectivity index (χ0) is 24.1. The monoisotopic (exact) mass is 454 g/mol. The van der Waals surface area contributed by atoms with Crippen molar-refractivity contribution in [2.75, 3.05) is 40.9 Å². The third kappa shape index (κ3) is 5.12. The predicted molar refractivity (Wildman–Crippen MR) is 124 cm³/mol. The Bertz CT molecular complexity index is 1060. The Kier molecular flexibility index (Phi) is 7.60. The fourth-order valence-corrected chi connectivity index (χ4v) is 3.74. The van der Waals surface area contributed by atoms with Gasteiger partial charge in [-0.25, -0.2) is 0 Å². The van der Waals surface area contributed by atoms with Gasteiger partial charge in [0.25, 0.3) is 11.7 Å². The number of likely N-dealkylation sites (N-methyl/N-ethyl adjacent to an activating group) is 1. The quantitative estimate of drug-likeness (QED) is 0.341. The number of ketones is 1. The number of phenols is 1. The van der Waals surface area contributed by atoms with E-state index in [0.717, 1.165) is 6.42 Å². The van der Waals surface area contributed by atoms with E-state index >= 15 is 0 Å². The molecular formula is C25H30N2O6. The summed E-state index contributed by atoms with van der Waals surface area (Å²) in [5.74, 6) is -1.19. The second kappa shape index (κ2) is 10.4. The summed E-state index contributed by atoms with van der Waals surface area (Å²) in [5, 5.41) is 21.6. The number of nitrogens with zero attached hydrogens (tertiary/aromatic N) is 2. The van der Waals surface area contributed by atoms with Crippen molar-refractivity contribution in [1.82, 2.24) is 9.80 Å². The highest BCUT2D eigenvalue weighted by molar-refractivity contribution is 6.46. The molecule has 0 radical (unpaired) electrons. The van der Waals surface area contributed by atoms with Crippen LogP contribution >= 0.6 is 0 Å². The number of methoxy groups -OCH3 is 1. The number of aromatic hydroxyl groups is 1. The highest BCUT2D eigenvalue weighted by Gasteiger charge is 2.46. The lowest BCUT2D eigenvalue weighted by molar-refractivity contribution is -0.140. The summed E-state index contributed by atoms with van der Waals surface area (Å²) in [7, 11) is 5.21. The zero-order valence-corrected chi connectivity index (χ0v) is 19.4. The number of hydrogen-bond donors (Lipinski definition) is 2. The third-order valence-corrected chi connectivity index (χ3v) is 5.43. The molecule has 0 unspecified atom stereocenters. The fourth-order valence-electron chi connectivity index (χ4n) is 3.74. The van der Waals surface area contributed by atoms with Gasteiger partial charge in [-0.2, -0.15) is 0 Å². The van der Waals surface area contributed by atoms with Gasteiger partial charge in [-0.05, 0) is 50.3 Å². The number of rotatable bonds is 9. The molecular weight excluding hydrogens is 424 g/mol. The van der Waals surface area contributed by atoms with Crippen LogP contribution in [0.5, 0.6) is 17.2 Å². The number of Topliss-reactive ketones (excluding diaryl/α,β-unsaturated/α-hetero) is 1. The van der Waals surface area contributed by atoms with E-state index in [0.29, 0.717) is 30.2 Å². The van der Waals surface area contributed by atoms with Crippen molar-refractivity contribution < 1.29 is 29.3 Å². The number of ether oxygens (including phenoxy) is 2. The summed E-state index contributed by atoms with van der Waals surface area (Å²) >= 11 is 0. The van der Waals surface area contributed by atoms with Gasteiger partial charge in [-0.1, -0.05) is 19.1 Å². The third-order valence-electron chi connectivity index (χ3n) is 5.43. The SMILES string of the molecule is CCCOc1cccc([C@H]2C(=C(O)c3ccc(OC)cc3O)C(=O)C(=O)N2CCN(C)C)c1. The van der Waals surface area contributed by atoms with Crippen LogP contribution in [0, 0.1) is 0 Å². The van der Waals surface area contributed by atoms with Crippen molar-refractivity contribution in [3.8, 4) is 17.2 Å². The maximum atomic E-state index is 13.1. The van der Waals surface area contributed by atoms with Gasteiger partial charge in [-0.15, -0.1) is 0 Å². The van der Waals surface area contributed by atoms with Crippen LogP contribution in [0.2, 0.25) is 0 Å². The zero-order valence-electron chi connectivity index (χ0n) is 19.4. The topological polar surface area (TPSA) is 99.5 Å². The Labute approximate surface area is 193 Å². The minimum atomic E-state index is -0.823. The highest BCUT2D eigenvalue weighted by atomic mass is 16.5. The second-order valence-electron chi connectivity index (χ2n) is 8.10. The number of aliphatic hydroxyl groups is 1. The largest absolute Gasteiger partial charge is 0.507 e. The van der Waals surface area contributed by atoms with Gasteiger partial charge in [0.15, 0.2) is 0 Å². The minimum absolute atomic E-state index is 0.0461. The van der Waals surface area contributed by atoms with Crippen molar-refractivity contribution in [3.05, 3.63) is 59.2 Å². The van der Waals surface area contributed by atoms with Crippen molar-refractivity contribution in [2.24, 2.45) is 0 Å². The standard InChI is InChI=1S/C25H30N2O6/c1-5-13-33-18-8-6-7-16(14-18)22-21(24(30)25(31)27(22)12-11-26(2)3)23(29)19-10-9-17(32-4)15-20(19)28/h6-10,14-15,22,28-29H,5,11-13H2,1-4H3/t22-/m0/s1. The van der Waals surface area contributed by atoms with E-state index in [1.54, 1.807) is 30.3 Å². The predicted octanol–water partition coefficient (Wildman–Crippen LogP) is 3.17. The van der Waals surface area contributed by atoms with E-state index in [2.05, 4.69) is 0 Å². The molecule has 1 fully saturated rings. The summed E-state index contributed by atoms with van der Waals surface area (Å²) < 4.78 is 10.8. The molecule has 0 aliphatic carbocycles. The molecule has 1 aliphatic rings. The number of phenolic OH excluding ortho intramolecular Hbond substituents is 1. The molecule has 3 rings (SSSR count). The van der Waals surface area contributed by atoms with Gasteiger partial charge in [0, 0.05) is 19.2 Å². The lowest BCUT2D eigenvalue weighted by atomic mass is 9.94. The van der Waals surface area contributed by atoms with Crippen LogP contribution in [0.15, 0.2) is 48.0 Å². The van der Waals surface area contributed by atoms with Crippen LogP contribution in [-0.2, 0) is 9.59 Å². The number of amides is 1. The maximum absolute atomic E-state index is 13.1. The van der Waals surface area contributed by atoms with Crippen molar-refractivity contribution in [2.45, 2.75) is 19.4 Å². The molecule has 0 saturated carbocycles. The number of carbonyl (C=O) groups excluding carboxylic acids is 2. The summed E-state index contributed by atoms with van der Waals surface area (Å²) in [6, 6.07) is 10.7. The molecule has 0 spiro atoms. The summed E-state index contributed by atoms with van der Waals surface area (Å²) in [6.07, 6.45) is 0.836. The molecule has 1 amide bonds. The molecule has 2 aromatic carbocycles. The van der Waals surface area contributed by atoms with E-state index in [-0.39, 0.29) is 23.4 Å². The van der Waals surface area contributed by atoms with Crippen LogP contribution in [0.4, 0.5) is 0 Å². The van der Waals surface area contributed by atoms with Crippen LogP contribution in [-0.4, -0.2) is 72.6 Å². The molecule has 0 aromatic heterocycles. The lowest BCUT2D eigenvalue weighted by Gasteiger charge is -2.27. The molecule has 0 bridgehead atoms. The molecule has 33 heavy (non-hydrogen) atoms. The number of carbonyl (C=O) groups is 2. The molecule has 8 nitrogen and oxygen atoms in total. The van der Waals surface area contributed by atoms with Gasteiger partial charge in [0.1, 0.15) is 23.0 Å². The number of hydrogen-bond acceptors (Lipinski definition) is 7. The van der Waals surface area contributed by atoms with E-state index in [1.165, 1.54) is 24.1 Å². The number of aliphatic hydroxyl groups excluding tert-OH is 1. The van der Waals surface area contributed by atoms with Gasteiger partial charge < -0.3 is 29.5 Å². The Morgan fingerprint density at radius 3 is 2.52 bits per heavy atom. The molecule has 1 aliphatic heterocycles. The molecule has 1 atom stereocenters. The average Bonchev–Trinajstić information content (AvgIpc) is 3.05. The first-order valence-corrected chi connectivity index (χ1v) is 10.8. The van der Waals surface area contributed by atoms with Gasteiger partial charge >= 0.3 is 0 Å². The van der Waals surface area contributed by atoms with Crippen molar-refractivity contribution in [1.29, 1.82) is 0 Å². The van der Waals surface area contributed by atoms with E-state index in [9.17, 15) is 19.8 Å². The van der Waals surface area contributed by atoms with E-state index < -0.39 is 23.5 Å². The van der Waals surface area contributed by atoms with Crippen molar-refractivity contribution >= 4 is 17.4 Å². The minimum Gasteiger partial charge on any atom is -0.507 e. The number of benzene rings is 2. The first-order chi connectivity index (χ1) is 15.8. The lowest BCUT2D eigenvalue weighted by Crippen LogP contribution is -2.35. The number of likely N-dealkylation sites (tertiary alicyclic amines) is 1. The molecule has 8 heteroatoms. The second-order valence-corrected chi connectivity index (χ2v) is 8.10. The Hall–Kier alpha value is -3.52. The van der Waals surface area contributed by atoms with E-state index in [1.807, 2.05) is 25.9 Å². The van der Waals surface area contributed by atoms with Crippen LogP contribution in [0.1, 0.15) is 30.5 Å². The molecule has 176 valence electrons. The molecule has 2 aromatic rings. The average molecular weight is 455 g/mol. The fraction of sp³-hybridized carbons (Fsp3) is 0.360. The molecule has 2 N–H and O–H groups in total. The summed E-state index contributed by atoms with van der Waals surface area (Å²) in [6.45, 7) is 3.35. The summed E-state index contributed by atoms with van der Waals surface area (Å²) in [4.78, 5) is 29.4. The molecule has 1 saturated heterocycles. The normalized spacial score (nSPS) is 17.6. The molecule has 1 heterocycles. The van der Waals surface area contributed by atoms with Crippen LogP contribution in [0.3, 0.4) is 0 Å². The first-order valence-electron chi connectivity index (χ1n) is 10.8. The van der Waals surface area contributed by atoms with Gasteiger partial charge in [0.05, 0.1) is 30.9 Å². The van der Waals surface area contributed by atoms with Crippen molar-refractivity contribution in [3.63, 3.8) is 0 Å². The maximum Gasteiger partial charge on any atom is 0.295 e. The van der Waals surface area contributed by atoms with E-state index in [4.69, 9.17) is 9.47 Å². The smallest absolute Gasteiger partial charge is 0.295 e. The van der Waals surface area contributed by atoms with Crippen LogP contribution in [0.25, 0.3) is 5.76 Å². The van der Waals surface area contributed by atoms with Crippen LogP contribution < -0.4 is 9.47 Å². The highest BCUT2D eigenvalue weighted by Crippen LogP contribution is 2.41. The Morgan fingerprint density at radius 2 is 1.88 bits per heavy atom. The Balaban J connectivity index is 2.15. The van der Waals surface area contributed by atoms with Gasteiger partial charge in [0.2, 0.25) is 0 Å². The first kappa shape index (κ1) is 24.1.